The standard InChI is InChI=1S/C52H97NO5/c1-4-7-10-13-16-19-22-24-25-26-27-29-31-34-37-40-43-48(58-52(57)45-42-39-36-33-30-23-20-17-14-11-8-5-2)46-51(56)53-49(47-54)50(55)44-41-38-35-32-28-21-18-15-12-9-6-3/h17,20,25-27,29,48-50,54-55H,4-16,18-19,21-24,28,30-47H2,1-3H3,(H,53,56)/b20-17-,26-25+,29-27+. The molecule has 340 valence electrons. The van der Waals surface area contributed by atoms with Gasteiger partial charge in [0.15, 0.2) is 0 Å². The summed E-state index contributed by atoms with van der Waals surface area (Å²) < 4.78 is 5.91. The lowest BCUT2D eigenvalue weighted by molar-refractivity contribution is -0.151. The number of ether oxygens (including phenoxy) is 1. The fourth-order valence-electron chi connectivity index (χ4n) is 7.59. The largest absolute Gasteiger partial charge is 0.462 e. The van der Waals surface area contributed by atoms with Crippen LogP contribution in [0.15, 0.2) is 36.5 Å². The molecule has 6 nitrogen and oxygen atoms in total. The van der Waals surface area contributed by atoms with Crippen LogP contribution in [0.25, 0.3) is 0 Å². The van der Waals surface area contributed by atoms with Crippen molar-refractivity contribution in [1.82, 2.24) is 5.32 Å². The monoisotopic (exact) mass is 816 g/mol. The third-order valence-corrected chi connectivity index (χ3v) is 11.5. The van der Waals surface area contributed by atoms with Gasteiger partial charge in [0.05, 0.1) is 25.2 Å². The first-order valence-corrected chi connectivity index (χ1v) is 25.2. The molecule has 0 spiro atoms. The van der Waals surface area contributed by atoms with Crippen molar-refractivity contribution in [3.05, 3.63) is 36.5 Å². The van der Waals surface area contributed by atoms with Gasteiger partial charge in [-0.25, -0.2) is 0 Å². The van der Waals surface area contributed by atoms with Gasteiger partial charge in [-0.2, -0.15) is 0 Å². The molecule has 3 N–H and O–H groups in total. The second-order valence-corrected chi connectivity index (χ2v) is 17.2. The number of carbonyl (C=O) groups is 2. The lowest BCUT2D eigenvalue weighted by Crippen LogP contribution is -2.46. The first kappa shape index (κ1) is 56.1. The van der Waals surface area contributed by atoms with Crippen LogP contribution in [0.1, 0.15) is 258 Å². The third-order valence-electron chi connectivity index (χ3n) is 11.5. The molecule has 0 aromatic carbocycles. The molecule has 0 fully saturated rings. The number of rotatable bonds is 45. The van der Waals surface area contributed by atoms with Gasteiger partial charge in [-0.3, -0.25) is 9.59 Å². The van der Waals surface area contributed by atoms with Gasteiger partial charge < -0.3 is 20.3 Å². The van der Waals surface area contributed by atoms with Crippen LogP contribution in [-0.2, 0) is 14.3 Å². The van der Waals surface area contributed by atoms with E-state index in [4.69, 9.17) is 4.74 Å². The predicted octanol–water partition coefficient (Wildman–Crippen LogP) is 14.9. The number of hydrogen-bond donors (Lipinski definition) is 3. The number of unbranched alkanes of at least 4 members (excludes halogenated alkanes) is 28. The molecule has 0 aromatic rings. The number of hydrogen-bond acceptors (Lipinski definition) is 5. The van der Waals surface area contributed by atoms with E-state index in [-0.39, 0.29) is 24.9 Å². The fraction of sp³-hybridized carbons (Fsp3) is 0.846. The molecule has 0 saturated carbocycles. The summed E-state index contributed by atoms with van der Waals surface area (Å²) in [4.78, 5) is 26.1. The summed E-state index contributed by atoms with van der Waals surface area (Å²) in [6.07, 6.45) is 53.4. The Morgan fingerprint density at radius 3 is 1.38 bits per heavy atom. The average molecular weight is 816 g/mol. The van der Waals surface area contributed by atoms with Crippen molar-refractivity contribution in [3.8, 4) is 0 Å². The molecule has 0 aliphatic heterocycles. The van der Waals surface area contributed by atoms with Crippen LogP contribution in [0.3, 0.4) is 0 Å². The van der Waals surface area contributed by atoms with Crippen LogP contribution in [-0.4, -0.2) is 46.9 Å². The number of esters is 1. The summed E-state index contributed by atoms with van der Waals surface area (Å²) >= 11 is 0. The first-order valence-electron chi connectivity index (χ1n) is 25.2. The Balaban J connectivity index is 4.65. The highest BCUT2D eigenvalue weighted by molar-refractivity contribution is 5.77. The van der Waals surface area contributed by atoms with Crippen LogP contribution in [0.4, 0.5) is 0 Å². The molecule has 0 bridgehead atoms. The molecular formula is C52H97NO5. The number of aliphatic hydroxyl groups excluding tert-OH is 2. The van der Waals surface area contributed by atoms with E-state index in [0.717, 1.165) is 77.0 Å². The van der Waals surface area contributed by atoms with Crippen LogP contribution >= 0.6 is 0 Å². The lowest BCUT2D eigenvalue weighted by Gasteiger charge is -2.24. The highest BCUT2D eigenvalue weighted by atomic mass is 16.5. The SMILES string of the molecule is CCCCC/C=C\CCCCCCCC(=O)OC(CCCCC/C=C/C=C/CCCCCCCCC)CC(=O)NC(CO)C(O)CCCCCCCCCCCCC. The molecule has 6 heteroatoms. The maximum Gasteiger partial charge on any atom is 0.306 e. The highest BCUT2D eigenvalue weighted by Crippen LogP contribution is 2.17. The summed E-state index contributed by atoms with van der Waals surface area (Å²) in [5.41, 5.74) is 0. The smallest absolute Gasteiger partial charge is 0.306 e. The van der Waals surface area contributed by atoms with Crippen molar-refractivity contribution < 1.29 is 24.5 Å². The van der Waals surface area contributed by atoms with E-state index < -0.39 is 18.2 Å². The zero-order chi connectivity index (χ0) is 42.4. The molecule has 0 radical (unpaired) electrons. The van der Waals surface area contributed by atoms with Crippen LogP contribution in [0.5, 0.6) is 0 Å². The number of amides is 1. The minimum Gasteiger partial charge on any atom is -0.462 e. The van der Waals surface area contributed by atoms with Crippen LogP contribution < -0.4 is 5.32 Å². The number of carbonyl (C=O) groups excluding carboxylic acids is 2. The van der Waals surface area contributed by atoms with Crippen LogP contribution in [0, 0.1) is 0 Å². The topological polar surface area (TPSA) is 95.9 Å². The number of nitrogens with one attached hydrogen (secondary N) is 1. The second kappa shape index (κ2) is 46.2. The maximum atomic E-state index is 13.2. The second-order valence-electron chi connectivity index (χ2n) is 17.2. The Hall–Kier alpha value is -1.92. The van der Waals surface area contributed by atoms with Gasteiger partial charge in [0.25, 0.3) is 0 Å². The fourth-order valence-corrected chi connectivity index (χ4v) is 7.59. The third kappa shape index (κ3) is 40.8. The van der Waals surface area contributed by atoms with Crippen molar-refractivity contribution in [2.24, 2.45) is 0 Å². The molecule has 0 aliphatic rings. The molecule has 3 unspecified atom stereocenters. The molecule has 0 heterocycles. The Labute approximate surface area is 360 Å². The number of allylic oxidation sites excluding steroid dienone is 6. The highest BCUT2D eigenvalue weighted by Gasteiger charge is 2.24. The summed E-state index contributed by atoms with van der Waals surface area (Å²) in [6, 6.07) is -0.708. The maximum absolute atomic E-state index is 13.2. The van der Waals surface area contributed by atoms with E-state index in [1.807, 2.05) is 0 Å². The molecule has 3 atom stereocenters. The zero-order valence-corrected chi connectivity index (χ0v) is 38.7. The van der Waals surface area contributed by atoms with Crippen molar-refractivity contribution in [2.45, 2.75) is 277 Å². The normalized spacial score (nSPS) is 13.5. The Morgan fingerprint density at radius 1 is 0.500 bits per heavy atom. The van der Waals surface area contributed by atoms with E-state index in [9.17, 15) is 19.8 Å². The first-order chi connectivity index (χ1) is 28.5. The molecule has 0 saturated heterocycles. The molecule has 0 aliphatic carbocycles. The zero-order valence-electron chi connectivity index (χ0n) is 38.7. The lowest BCUT2D eigenvalue weighted by atomic mass is 10.0. The van der Waals surface area contributed by atoms with Crippen molar-refractivity contribution in [1.29, 1.82) is 0 Å². The molecule has 1 amide bonds. The minimum absolute atomic E-state index is 0.0583. The predicted molar refractivity (Wildman–Crippen MR) is 250 cm³/mol. The van der Waals surface area contributed by atoms with Gasteiger partial charge in [-0.05, 0) is 77.0 Å². The van der Waals surface area contributed by atoms with E-state index in [1.165, 1.54) is 135 Å². The Morgan fingerprint density at radius 2 is 0.879 bits per heavy atom. The molecule has 58 heavy (non-hydrogen) atoms. The quantitative estimate of drug-likeness (QED) is 0.0246. The molecule has 0 aromatic heterocycles. The van der Waals surface area contributed by atoms with Gasteiger partial charge in [0, 0.05) is 6.42 Å². The van der Waals surface area contributed by atoms with Gasteiger partial charge >= 0.3 is 5.97 Å². The van der Waals surface area contributed by atoms with Gasteiger partial charge in [0.2, 0.25) is 5.91 Å². The summed E-state index contributed by atoms with van der Waals surface area (Å²) in [7, 11) is 0. The summed E-state index contributed by atoms with van der Waals surface area (Å²) in [6.45, 7) is 6.44. The minimum atomic E-state index is -0.793. The van der Waals surface area contributed by atoms with E-state index in [2.05, 4.69) is 62.5 Å². The summed E-state index contributed by atoms with van der Waals surface area (Å²) in [5.74, 6) is -0.505. The van der Waals surface area contributed by atoms with Crippen molar-refractivity contribution in [3.63, 3.8) is 0 Å². The molecule has 0 rings (SSSR count). The van der Waals surface area contributed by atoms with E-state index >= 15 is 0 Å². The average Bonchev–Trinajstić information content (AvgIpc) is 3.22. The van der Waals surface area contributed by atoms with Gasteiger partial charge in [-0.15, -0.1) is 0 Å². The van der Waals surface area contributed by atoms with Crippen molar-refractivity contribution in [2.75, 3.05) is 6.61 Å². The van der Waals surface area contributed by atoms with Crippen LogP contribution in [0.2, 0.25) is 0 Å². The summed E-state index contributed by atoms with van der Waals surface area (Å²) in [5, 5.41) is 23.7. The van der Waals surface area contributed by atoms with Crippen molar-refractivity contribution >= 4 is 11.9 Å². The van der Waals surface area contributed by atoms with Gasteiger partial charge in [-0.1, -0.05) is 205 Å². The van der Waals surface area contributed by atoms with Gasteiger partial charge in [0.1, 0.15) is 6.10 Å². The van der Waals surface area contributed by atoms with E-state index in [1.54, 1.807) is 0 Å². The number of aliphatic hydroxyl groups is 2. The van der Waals surface area contributed by atoms with E-state index in [0.29, 0.717) is 19.3 Å². The Kier molecular flexibility index (Phi) is 44.6. The Bertz CT molecular complexity index is 961. The molecular weight excluding hydrogens is 719 g/mol.